The highest BCUT2D eigenvalue weighted by Crippen LogP contribution is 2.31. The summed E-state index contributed by atoms with van der Waals surface area (Å²) < 4.78 is 32.0. The summed E-state index contributed by atoms with van der Waals surface area (Å²) in [6.45, 7) is 1.07. The number of Topliss-reactive ketones (excluding diaryl/α,β-unsaturated/α-hetero) is 1. The molecule has 0 aromatic heterocycles. The molecule has 1 amide bonds. The van der Waals surface area contributed by atoms with Gasteiger partial charge in [0.25, 0.3) is 11.7 Å². The number of fused-ring (bicyclic) bond motifs is 1. The molecule has 0 bridgehead atoms. The molecule has 1 fully saturated rings. The molecular formula is C15H15F2NO3. The van der Waals surface area contributed by atoms with Gasteiger partial charge in [0, 0.05) is 19.2 Å². The molecule has 6 heteroatoms. The molecule has 0 saturated carbocycles. The monoisotopic (exact) mass is 295 g/mol. The Morgan fingerprint density at radius 3 is 2.71 bits per heavy atom. The maximum atomic E-state index is 13.3. The van der Waals surface area contributed by atoms with Gasteiger partial charge in [-0.3, -0.25) is 9.59 Å². The lowest BCUT2D eigenvalue weighted by Gasteiger charge is -2.17. The highest BCUT2D eigenvalue weighted by Gasteiger charge is 2.36. The lowest BCUT2D eigenvalue weighted by molar-refractivity contribution is -0.114. The summed E-state index contributed by atoms with van der Waals surface area (Å²) >= 11 is 0. The predicted molar refractivity (Wildman–Crippen MR) is 71.2 cm³/mol. The maximum absolute atomic E-state index is 13.3. The van der Waals surface area contributed by atoms with Crippen molar-refractivity contribution in [2.45, 2.75) is 31.8 Å². The topological polar surface area (TPSA) is 46.6 Å². The third-order valence-corrected chi connectivity index (χ3v) is 3.95. The Bertz CT molecular complexity index is 597. The molecule has 1 aromatic rings. The van der Waals surface area contributed by atoms with Crippen LogP contribution in [0.15, 0.2) is 12.1 Å². The van der Waals surface area contributed by atoms with Crippen molar-refractivity contribution in [3.63, 3.8) is 0 Å². The van der Waals surface area contributed by atoms with Gasteiger partial charge in [0.05, 0.1) is 17.4 Å². The maximum Gasteiger partial charge on any atom is 0.299 e. The second-order valence-corrected chi connectivity index (χ2v) is 5.35. The highest BCUT2D eigenvalue weighted by molar-refractivity contribution is 6.52. The number of amides is 1. The fourth-order valence-corrected chi connectivity index (χ4v) is 2.86. The standard InChI is InChI=1S/C15H15F2NO3/c16-11-7-10-13(8-12(11)17)18(15(20)14(10)19)5-1-3-9-4-2-6-21-9/h7-9H,1-6H2. The predicted octanol–water partition coefficient (Wildman–Crippen LogP) is 2.45. The number of anilines is 1. The zero-order valence-corrected chi connectivity index (χ0v) is 11.4. The molecule has 4 nitrogen and oxygen atoms in total. The fraction of sp³-hybridized carbons (Fsp3) is 0.467. The van der Waals surface area contributed by atoms with Crippen molar-refractivity contribution in [3.8, 4) is 0 Å². The lowest BCUT2D eigenvalue weighted by atomic mass is 10.1. The first-order valence-electron chi connectivity index (χ1n) is 7.05. The number of hydrogen-bond acceptors (Lipinski definition) is 3. The summed E-state index contributed by atoms with van der Waals surface area (Å²) in [7, 11) is 0. The molecule has 21 heavy (non-hydrogen) atoms. The average molecular weight is 295 g/mol. The van der Waals surface area contributed by atoms with E-state index in [0.717, 1.165) is 38.0 Å². The van der Waals surface area contributed by atoms with Crippen LogP contribution in [0, 0.1) is 11.6 Å². The van der Waals surface area contributed by atoms with E-state index in [2.05, 4.69) is 0 Å². The highest BCUT2D eigenvalue weighted by atomic mass is 19.2. The number of rotatable bonds is 4. The molecular weight excluding hydrogens is 280 g/mol. The molecule has 2 aliphatic rings. The van der Waals surface area contributed by atoms with E-state index in [4.69, 9.17) is 4.74 Å². The lowest BCUT2D eigenvalue weighted by Crippen LogP contribution is -2.31. The summed E-state index contributed by atoms with van der Waals surface area (Å²) in [5, 5.41) is 0. The van der Waals surface area contributed by atoms with Crippen molar-refractivity contribution in [1.29, 1.82) is 0 Å². The van der Waals surface area contributed by atoms with Crippen LogP contribution in [0.3, 0.4) is 0 Å². The van der Waals surface area contributed by atoms with Crippen molar-refractivity contribution in [2.24, 2.45) is 0 Å². The Morgan fingerprint density at radius 1 is 1.24 bits per heavy atom. The van der Waals surface area contributed by atoms with Crippen LogP contribution < -0.4 is 4.90 Å². The molecule has 112 valence electrons. The van der Waals surface area contributed by atoms with Gasteiger partial charge in [0.2, 0.25) is 0 Å². The Balaban J connectivity index is 1.72. The largest absolute Gasteiger partial charge is 0.378 e. The van der Waals surface area contributed by atoms with Gasteiger partial charge in [-0.1, -0.05) is 0 Å². The van der Waals surface area contributed by atoms with Gasteiger partial charge in [-0.2, -0.15) is 0 Å². The molecule has 2 heterocycles. The van der Waals surface area contributed by atoms with Crippen LogP contribution in [0.2, 0.25) is 0 Å². The first-order chi connectivity index (χ1) is 10.1. The third-order valence-electron chi connectivity index (χ3n) is 3.95. The van der Waals surface area contributed by atoms with Crippen LogP contribution in [0.4, 0.5) is 14.5 Å². The molecule has 1 aromatic carbocycles. The van der Waals surface area contributed by atoms with Gasteiger partial charge >= 0.3 is 0 Å². The van der Waals surface area contributed by atoms with Gasteiger partial charge in [-0.15, -0.1) is 0 Å². The smallest absolute Gasteiger partial charge is 0.299 e. The van der Waals surface area contributed by atoms with Crippen molar-refractivity contribution >= 4 is 17.4 Å². The van der Waals surface area contributed by atoms with Crippen molar-refractivity contribution in [3.05, 3.63) is 29.3 Å². The Morgan fingerprint density at radius 2 is 2.00 bits per heavy atom. The minimum Gasteiger partial charge on any atom is -0.378 e. The van der Waals surface area contributed by atoms with Gasteiger partial charge in [-0.25, -0.2) is 8.78 Å². The Hall–Kier alpha value is -1.82. The van der Waals surface area contributed by atoms with E-state index in [1.54, 1.807) is 0 Å². The number of hydrogen-bond donors (Lipinski definition) is 0. The molecule has 2 aliphatic heterocycles. The number of carbonyl (C=O) groups is 2. The van der Waals surface area contributed by atoms with Crippen molar-refractivity contribution in [2.75, 3.05) is 18.1 Å². The molecule has 1 saturated heterocycles. The number of ketones is 1. The van der Waals surface area contributed by atoms with Crippen LogP contribution in [-0.4, -0.2) is 30.9 Å². The fourth-order valence-electron chi connectivity index (χ4n) is 2.86. The summed E-state index contributed by atoms with van der Waals surface area (Å²) in [5.41, 5.74) is 0.104. The number of nitrogens with zero attached hydrogens (tertiary/aromatic N) is 1. The molecule has 0 spiro atoms. The number of ether oxygens (including phenoxy) is 1. The van der Waals surface area contributed by atoms with E-state index in [1.165, 1.54) is 4.90 Å². The molecule has 1 atom stereocenters. The van der Waals surface area contributed by atoms with E-state index in [1.807, 2.05) is 0 Å². The Kier molecular flexibility index (Phi) is 3.71. The molecule has 3 rings (SSSR count). The van der Waals surface area contributed by atoms with Gasteiger partial charge in [0.15, 0.2) is 11.6 Å². The second kappa shape index (κ2) is 5.52. The van der Waals surface area contributed by atoms with Gasteiger partial charge in [0.1, 0.15) is 0 Å². The van der Waals surface area contributed by atoms with Crippen LogP contribution in [0.25, 0.3) is 0 Å². The van der Waals surface area contributed by atoms with Crippen LogP contribution in [0.1, 0.15) is 36.0 Å². The second-order valence-electron chi connectivity index (χ2n) is 5.35. The number of halogens is 2. The molecule has 0 aliphatic carbocycles. The van der Waals surface area contributed by atoms with Crippen LogP contribution in [0.5, 0.6) is 0 Å². The van der Waals surface area contributed by atoms with E-state index < -0.39 is 23.3 Å². The first-order valence-corrected chi connectivity index (χ1v) is 7.05. The quantitative estimate of drug-likeness (QED) is 0.802. The SMILES string of the molecule is O=C1C(=O)N(CCCC2CCCO2)c2cc(F)c(F)cc21. The summed E-state index contributed by atoms with van der Waals surface area (Å²) in [6.07, 6.45) is 3.68. The summed E-state index contributed by atoms with van der Waals surface area (Å²) in [5.74, 6) is -3.67. The Labute approximate surface area is 120 Å². The zero-order valence-electron chi connectivity index (χ0n) is 11.4. The van der Waals surface area contributed by atoms with Crippen LogP contribution >= 0.6 is 0 Å². The van der Waals surface area contributed by atoms with Gasteiger partial charge in [-0.05, 0) is 31.7 Å². The van der Waals surface area contributed by atoms with Gasteiger partial charge < -0.3 is 9.64 Å². The van der Waals surface area contributed by atoms with E-state index in [0.29, 0.717) is 13.0 Å². The number of benzene rings is 1. The van der Waals surface area contributed by atoms with E-state index in [9.17, 15) is 18.4 Å². The number of carbonyl (C=O) groups excluding carboxylic acids is 2. The minimum atomic E-state index is -1.11. The molecule has 0 radical (unpaired) electrons. The van der Waals surface area contributed by atoms with E-state index >= 15 is 0 Å². The normalized spacial score (nSPS) is 21.2. The minimum absolute atomic E-state index is 0.0592. The zero-order chi connectivity index (χ0) is 15.0. The van der Waals surface area contributed by atoms with E-state index in [-0.39, 0.29) is 17.4 Å². The molecule has 0 N–H and O–H groups in total. The average Bonchev–Trinajstić information content (AvgIpc) is 3.04. The van der Waals surface area contributed by atoms with Crippen LogP contribution in [-0.2, 0) is 9.53 Å². The first kappa shape index (κ1) is 14.1. The van der Waals surface area contributed by atoms with Crippen molar-refractivity contribution in [1.82, 2.24) is 0 Å². The van der Waals surface area contributed by atoms with Crippen molar-refractivity contribution < 1.29 is 23.1 Å². The summed E-state index contributed by atoms with van der Waals surface area (Å²) in [6, 6.07) is 1.71. The summed E-state index contributed by atoms with van der Waals surface area (Å²) in [4.78, 5) is 24.9. The molecule has 1 unspecified atom stereocenters. The third kappa shape index (κ3) is 2.55.